The summed E-state index contributed by atoms with van der Waals surface area (Å²) in [5, 5.41) is 2.99. The predicted molar refractivity (Wildman–Crippen MR) is 130 cm³/mol. The topological polar surface area (TPSA) is 63.5 Å². The van der Waals surface area contributed by atoms with Crippen molar-refractivity contribution < 1.29 is 9.59 Å². The average Bonchev–Trinajstić information content (AvgIpc) is 3.28. The number of imidazole rings is 1. The average molecular weight is 431 g/mol. The monoisotopic (exact) mass is 431 g/mol. The number of carbonyl (C=O) groups excluding carboxylic acids is 2. The Morgan fingerprint density at radius 2 is 1.48 bits per heavy atom. The van der Waals surface area contributed by atoms with Crippen molar-refractivity contribution in [3.63, 3.8) is 0 Å². The minimum absolute atomic E-state index is 0.186. The molecular weight excluding hydrogens is 410 g/mol. The molecule has 3 aromatic carbocycles. The van der Waals surface area contributed by atoms with E-state index in [0.29, 0.717) is 22.4 Å². The molecule has 5 aromatic rings. The van der Waals surface area contributed by atoms with Crippen molar-refractivity contribution in [3.05, 3.63) is 126 Å². The highest BCUT2D eigenvalue weighted by molar-refractivity contribution is 6.18. The molecule has 5 nitrogen and oxygen atoms in total. The van der Waals surface area contributed by atoms with Crippen LogP contribution in [-0.2, 0) is 0 Å². The van der Waals surface area contributed by atoms with Gasteiger partial charge in [0.25, 0.3) is 5.91 Å². The molecule has 0 unspecified atom stereocenters. The minimum Gasteiger partial charge on any atom is -0.321 e. The van der Waals surface area contributed by atoms with E-state index in [4.69, 9.17) is 0 Å². The number of rotatable bonds is 5. The van der Waals surface area contributed by atoms with Crippen LogP contribution in [-0.4, -0.2) is 21.1 Å². The smallest absolute Gasteiger partial charge is 0.256 e. The summed E-state index contributed by atoms with van der Waals surface area (Å²) in [7, 11) is 0. The van der Waals surface area contributed by atoms with E-state index in [9.17, 15) is 9.59 Å². The zero-order valence-electron chi connectivity index (χ0n) is 18.0. The number of fused-ring (bicyclic) bond motifs is 1. The van der Waals surface area contributed by atoms with Gasteiger partial charge < -0.3 is 9.72 Å². The number of anilines is 1. The molecule has 0 saturated carbocycles. The molecule has 0 aliphatic carbocycles. The molecule has 1 N–H and O–H groups in total. The Morgan fingerprint density at radius 3 is 2.27 bits per heavy atom. The lowest BCUT2D eigenvalue weighted by Crippen LogP contribution is -2.17. The van der Waals surface area contributed by atoms with Gasteiger partial charge in [0.2, 0.25) is 0 Å². The van der Waals surface area contributed by atoms with Crippen LogP contribution in [0.25, 0.3) is 16.9 Å². The molecular formula is C28H21N3O2. The van der Waals surface area contributed by atoms with Crippen LogP contribution in [0, 0.1) is 6.92 Å². The van der Waals surface area contributed by atoms with Gasteiger partial charge in [-0.05, 0) is 31.2 Å². The molecule has 5 heteroatoms. The first-order chi connectivity index (χ1) is 16.1. The largest absolute Gasteiger partial charge is 0.321 e. The lowest BCUT2D eigenvalue weighted by atomic mass is 9.97. The molecule has 0 aliphatic heterocycles. The van der Waals surface area contributed by atoms with Crippen LogP contribution in [0.1, 0.15) is 31.8 Å². The number of para-hydroxylation sites is 1. The van der Waals surface area contributed by atoms with Crippen LogP contribution >= 0.6 is 0 Å². The number of ketones is 1. The van der Waals surface area contributed by atoms with Gasteiger partial charge in [-0.2, -0.15) is 0 Å². The van der Waals surface area contributed by atoms with Gasteiger partial charge in [0, 0.05) is 29.1 Å². The fraction of sp³-hybridized carbons (Fsp3) is 0.0357. The molecule has 0 radical (unpaired) electrons. The van der Waals surface area contributed by atoms with Gasteiger partial charge in [0.1, 0.15) is 5.65 Å². The van der Waals surface area contributed by atoms with Gasteiger partial charge in [-0.3, -0.25) is 9.59 Å². The SMILES string of the molecule is Cc1ccc(C(=O)c2ccccc2C(=O)Nc2ccccc2-c2cn3ccccc3n2)cc1. The number of benzene rings is 3. The second-order valence-electron chi connectivity index (χ2n) is 7.83. The molecule has 0 saturated heterocycles. The lowest BCUT2D eigenvalue weighted by Gasteiger charge is -2.12. The standard InChI is InChI=1S/C28H21N3O2/c1-19-13-15-20(16-14-19)27(32)21-8-2-3-9-22(21)28(33)30-24-11-5-4-10-23(24)25-18-31-17-7-6-12-26(31)29-25/h2-18H,1H3,(H,30,33). The van der Waals surface area contributed by atoms with E-state index in [1.165, 1.54) is 0 Å². The van der Waals surface area contributed by atoms with E-state index < -0.39 is 0 Å². The van der Waals surface area contributed by atoms with Gasteiger partial charge in [0.05, 0.1) is 16.9 Å². The van der Waals surface area contributed by atoms with Crippen LogP contribution in [0.5, 0.6) is 0 Å². The third kappa shape index (κ3) is 4.04. The summed E-state index contributed by atoms with van der Waals surface area (Å²) in [6, 6.07) is 27.5. The van der Waals surface area contributed by atoms with E-state index >= 15 is 0 Å². The Bertz CT molecular complexity index is 1450. The van der Waals surface area contributed by atoms with Crippen molar-refractivity contribution >= 4 is 23.0 Å². The molecule has 2 aromatic heterocycles. The van der Waals surface area contributed by atoms with Crippen molar-refractivity contribution in [2.45, 2.75) is 6.92 Å². The Hall–Kier alpha value is -4.51. The van der Waals surface area contributed by atoms with E-state index in [0.717, 1.165) is 22.5 Å². The summed E-state index contributed by atoms with van der Waals surface area (Å²) >= 11 is 0. The minimum atomic E-state index is -0.345. The zero-order chi connectivity index (χ0) is 22.8. The molecule has 0 aliphatic rings. The van der Waals surface area contributed by atoms with Crippen LogP contribution in [0.4, 0.5) is 5.69 Å². The molecule has 5 rings (SSSR count). The van der Waals surface area contributed by atoms with Crippen molar-refractivity contribution in [2.24, 2.45) is 0 Å². The quantitative estimate of drug-likeness (QED) is 0.358. The number of hydrogen-bond donors (Lipinski definition) is 1. The first kappa shape index (κ1) is 20.4. The first-order valence-electron chi connectivity index (χ1n) is 10.6. The predicted octanol–water partition coefficient (Wildman–Crippen LogP) is 5.79. The van der Waals surface area contributed by atoms with Crippen molar-refractivity contribution in [2.75, 3.05) is 5.32 Å². The summed E-state index contributed by atoms with van der Waals surface area (Å²) in [4.78, 5) is 31.1. The number of amides is 1. The Balaban J connectivity index is 1.48. The third-order valence-electron chi connectivity index (χ3n) is 5.55. The Kier molecular flexibility index (Phi) is 5.29. The molecule has 0 fully saturated rings. The van der Waals surface area contributed by atoms with Crippen LogP contribution in [0.2, 0.25) is 0 Å². The number of hydrogen-bond acceptors (Lipinski definition) is 3. The Morgan fingerprint density at radius 1 is 0.788 bits per heavy atom. The zero-order valence-corrected chi connectivity index (χ0v) is 18.0. The highest BCUT2D eigenvalue weighted by Crippen LogP contribution is 2.28. The number of aromatic nitrogens is 2. The van der Waals surface area contributed by atoms with Gasteiger partial charge >= 0.3 is 0 Å². The van der Waals surface area contributed by atoms with Crippen molar-refractivity contribution in [1.29, 1.82) is 0 Å². The fourth-order valence-corrected chi connectivity index (χ4v) is 3.81. The number of nitrogens with zero attached hydrogens (tertiary/aromatic N) is 2. The van der Waals surface area contributed by atoms with E-state index in [1.807, 2.05) is 78.3 Å². The van der Waals surface area contributed by atoms with E-state index in [1.54, 1.807) is 36.4 Å². The maximum atomic E-state index is 13.3. The van der Waals surface area contributed by atoms with Crippen LogP contribution in [0.3, 0.4) is 0 Å². The summed E-state index contributed by atoms with van der Waals surface area (Å²) in [5.41, 5.74) is 5.31. The summed E-state index contributed by atoms with van der Waals surface area (Å²) in [6.45, 7) is 1.97. The maximum Gasteiger partial charge on any atom is 0.256 e. The Labute approximate surface area is 191 Å². The normalized spacial score (nSPS) is 10.8. The van der Waals surface area contributed by atoms with Crippen molar-refractivity contribution in [1.82, 2.24) is 9.38 Å². The highest BCUT2D eigenvalue weighted by atomic mass is 16.2. The van der Waals surface area contributed by atoms with Gasteiger partial charge in [-0.15, -0.1) is 0 Å². The lowest BCUT2D eigenvalue weighted by molar-refractivity contribution is 0.0996. The summed E-state index contributed by atoms with van der Waals surface area (Å²) in [5.74, 6) is -0.531. The number of carbonyl (C=O) groups is 2. The third-order valence-corrected chi connectivity index (χ3v) is 5.55. The summed E-state index contributed by atoms with van der Waals surface area (Å²) < 4.78 is 1.93. The molecule has 1 amide bonds. The molecule has 0 atom stereocenters. The van der Waals surface area contributed by atoms with Gasteiger partial charge in [-0.1, -0.05) is 72.3 Å². The molecule has 0 spiro atoms. The fourth-order valence-electron chi connectivity index (χ4n) is 3.81. The number of pyridine rings is 1. The van der Waals surface area contributed by atoms with Gasteiger partial charge in [-0.25, -0.2) is 4.98 Å². The molecule has 160 valence electrons. The molecule has 0 bridgehead atoms. The second kappa shape index (κ2) is 8.55. The summed E-state index contributed by atoms with van der Waals surface area (Å²) in [6.07, 6.45) is 3.86. The second-order valence-corrected chi connectivity index (χ2v) is 7.83. The van der Waals surface area contributed by atoms with Crippen LogP contribution in [0.15, 0.2) is 103 Å². The van der Waals surface area contributed by atoms with Crippen LogP contribution < -0.4 is 5.32 Å². The maximum absolute atomic E-state index is 13.3. The molecule has 2 heterocycles. The van der Waals surface area contributed by atoms with Gasteiger partial charge in [0.15, 0.2) is 5.78 Å². The number of nitrogens with one attached hydrogen (secondary N) is 1. The van der Waals surface area contributed by atoms with Crippen molar-refractivity contribution in [3.8, 4) is 11.3 Å². The van der Waals surface area contributed by atoms with E-state index in [-0.39, 0.29) is 11.7 Å². The highest BCUT2D eigenvalue weighted by Gasteiger charge is 2.19. The number of aryl methyl sites for hydroxylation is 1. The molecule has 33 heavy (non-hydrogen) atoms. The van der Waals surface area contributed by atoms with E-state index in [2.05, 4.69) is 10.3 Å². The first-order valence-corrected chi connectivity index (χ1v) is 10.6.